The summed E-state index contributed by atoms with van der Waals surface area (Å²) in [4.78, 5) is 0. The van der Waals surface area contributed by atoms with Crippen molar-refractivity contribution in [2.24, 2.45) is 0 Å². The van der Waals surface area contributed by atoms with E-state index >= 15 is 0 Å². The Bertz CT molecular complexity index is 215. The van der Waals surface area contributed by atoms with Gasteiger partial charge in [0.25, 0.3) is 0 Å². The van der Waals surface area contributed by atoms with Crippen LogP contribution in [0.5, 0.6) is 0 Å². The molecule has 0 aliphatic rings. The quantitative estimate of drug-likeness (QED) is 0.201. The Morgan fingerprint density at radius 2 is 0.421 bits per heavy atom. The third-order valence-corrected chi connectivity index (χ3v) is 0. The Balaban J connectivity index is -0.00000000508. The molecule has 19 heteroatoms. The normalized spacial score (nSPS) is 6.11. The Kier molecular flexibility index (Phi) is 174. The van der Waals surface area contributed by atoms with Crippen LogP contribution >= 0.6 is 0 Å². The van der Waals surface area contributed by atoms with Crippen molar-refractivity contribution in [2.75, 3.05) is 0 Å². The predicted molar refractivity (Wildman–Crippen MR) is 53.7 cm³/mol. The summed E-state index contributed by atoms with van der Waals surface area (Å²) in [6.45, 7) is 0. The van der Waals surface area contributed by atoms with Gasteiger partial charge < -0.3 is 38.3 Å². The van der Waals surface area contributed by atoms with E-state index in [-0.39, 0.29) is 77.3 Å². The minimum Gasteiger partial charge on any atom is -0.412 e. The van der Waals surface area contributed by atoms with Gasteiger partial charge in [0, 0.05) is 39.0 Å². The summed E-state index contributed by atoms with van der Waals surface area (Å²) >= 11 is 0. The molecule has 0 spiro atoms. The van der Waals surface area contributed by atoms with Crippen LogP contribution in [0.1, 0.15) is 0 Å². The van der Waals surface area contributed by atoms with Gasteiger partial charge in [-0.3, -0.25) is 18.2 Å². The van der Waals surface area contributed by atoms with Crippen LogP contribution in [-0.4, -0.2) is 73.4 Å². The van der Waals surface area contributed by atoms with E-state index in [2.05, 4.69) is 0 Å². The van der Waals surface area contributed by atoms with Crippen LogP contribution in [0.15, 0.2) is 0 Å². The minimum atomic E-state index is -4.67. The molecule has 0 aromatic heterocycles. The van der Waals surface area contributed by atoms with Gasteiger partial charge in [0.05, 0.1) is 0 Å². The summed E-state index contributed by atoms with van der Waals surface area (Å²) in [7, 11) is -9.33. The van der Waals surface area contributed by atoms with E-state index in [0.29, 0.717) is 0 Å². The molecule has 124 valence electrons. The average molecular weight is 453 g/mol. The molecule has 0 saturated carbocycles. The van der Waals surface area contributed by atoms with E-state index in [0.717, 1.165) is 0 Å². The summed E-state index contributed by atoms with van der Waals surface area (Å²) in [5.74, 6) is 0. The molecule has 0 unspecified atom stereocenters. The fourth-order valence-corrected chi connectivity index (χ4v) is 0. The number of hydrogen-bond donors (Lipinski definition) is 4. The van der Waals surface area contributed by atoms with Crippen molar-refractivity contribution in [3.05, 3.63) is 0 Å². The van der Waals surface area contributed by atoms with Crippen LogP contribution in [0.4, 0.5) is 0 Å². The first-order valence-corrected chi connectivity index (χ1v) is 4.19. The van der Waals surface area contributed by atoms with Crippen molar-refractivity contribution in [1.29, 1.82) is 0 Å². The van der Waals surface area contributed by atoms with Crippen LogP contribution in [0.2, 0.25) is 0 Å². The van der Waals surface area contributed by atoms with E-state index in [1.807, 2.05) is 0 Å². The van der Waals surface area contributed by atoms with Gasteiger partial charge in [-0.25, -0.2) is 0 Å². The van der Waals surface area contributed by atoms with Crippen molar-refractivity contribution >= 4 is 20.8 Å². The summed E-state index contributed by atoms with van der Waals surface area (Å²) < 4.78 is 63.2. The zero-order valence-electron chi connectivity index (χ0n) is 9.15. The van der Waals surface area contributed by atoms with Crippen LogP contribution in [0, 0.1) is 0 Å². The van der Waals surface area contributed by atoms with Crippen LogP contribution in [0.3, 0.4) is 0 Å². The van der Waals surface area contributed by atoms with Crippen LogP contribution in [-0.2, 0) is 59.8 Å². The first-order chi connectivity index (χ1) is 4.00. The molecule has 18 N–H and O–H groups in total. The molecule has 0 saturated heterocycles. The number of rotatable bonds is 0. The molecule has 0 atom stereocenters. The Labute approximate surface area is 133 Å². The van der Waals surface area contributed by atoms with Crippen molar-refractivity contribution < 1.29 is 112 Å². The molecule has 0 aliphatic heterocycles. The van der Waals surface area contributed by atoms with E-state index in [4.69, 9.17) is 35.0 Å². The second-order valence-electron chi connectivity index (χ2n) is 0.896. The molecular weight excluding hydrogens is 435 g/mol. The van der Waals surface area contributed by atoms with E-state index in [1.165, 1.54) is 0 Å². The smallest absolute Gasteiger partial charge is 0.394 e. The van der Waals surface area contributed by atoms with Crippen molar-refractivity contribution in [3.8, 4) is 0 Å². The Hall–Kier alpha value is 0.707. The summed E-state index contributed by atoms with van der Waals surface area (Å²) in [5.41, 5.74) is 0. The SMILES string of the molecule is O.O.O.O.O.O.O.O=S(=O)(O)O.O=S(=O)(O)O.[Zn].[Zn]. The van der Waals surface area contributed by atoms with Crippen molar-refractivity contribution in [2.45, 2.75) is 0 Å². The van der Waals surface area contributed by atoms with Gasteiger partial charge >= 0.3 is 20.8 Å². The topological polar surface area (TPSA) is 370 Å². The van der Waals surface area contributed by atoms with Crippen molar-refractivity contribution in [3.63, 3.8) is 0 Å². The van der Waals surface area contributed by atoms with Gasteiger partial charge in [0.2, 0.25) is 0 Å². The first-order valence-electron chi connectivity index (χ1n) is 1.40. The standard InChI is InChI=1S/2H2O4S.7H2O.2Zn/c2*1-5(2,3)4;;;;;;;;;/h2*(H2,1,2,3,4);7*1H2;;. The molecule has 0 radical (unpaired) electrons. The fraction of sp³-hybridized carbons (Fsp3) is 0. The minimum absolute atomic E-state index is 0. The van der Waals surface area contributed by atoms with Gasteiger partial charge in [-0.15, -0.1) is 0 Å². The number of hydrogen-bond acceptors (Lipinski definition) is 4. The fourth-order valence-electron chi connectivity index (χ4n) is 0. The van der Waals surface area contributed by atoms with Gasteiger partial charge in [-0.05, 0) is 0 Å². The molecule has 0 bridgehead atoms. The Morgan fingerprint density at radius 3 is 0.421 bits per heavy atom. The predicted octanol–water partition coefficient (Wildman–Crippen LogP) is -7.08. The van der Waals surface area contributed by atoms with E-state index < -0.39 is 20.8 Å². The molecule has 19 heavy (non-hydrogen) atoms. The largest absolute Gasteiger partial charge is 0.412 e. The van der Waals surface area contributed by atoms with Gasteiger partial charge in [0.15, 0.2) is 0 Å². The molecule has 0 rings (SSSR count). The molecule has 0 aromatic rings. The van der Waals surface area contributed by atoms with Gasteiger partial charge in [-0.1, -0.05) is 0 Å². The summed E-state index contributed by atoms with van der Waals surface area (Å²) in [6, 6.07) is 0. The average Bonchev–Trinajstić information content (AvgIpc) is 1.12. The van der Waals surface area contributed by atoms with Crippen LogP contribution < -0.4 is 0 Å². The Morgan fingerprint density at radius 1 is 0.421 bits per heavy atom. The zero-order valence-corrected chi connectivity index (χ0v) is 16.7. The third-order valence-electron chi connectivity index (χ3n) is 0. The maximum Gasteiger partial charge on any atom is 0.394 e. The molecule has 0 heterocycles. The molecule has 0 fully saturated rings. The maximum atomic E-state index is 8.74. The second-order valence-corrected chi connectivity index (χ2v) is 2.69. The van der Waals surface area contributed by atoms with Crippen molar-refractivity contribution in [1.82, 2.24) is 0 Å². The third kappa shape index (κ3) is 10500. The second kappa shape index (κ2) is 36.3. The molecular formula is H18O15S2Zn2. The molecule has 0 aromatic carbocycles. The summed E-state index contributed by atoms with van der Waals surface area (Å²) in [5, 5.41) is 0. The van der Waals surface area contributed by atoms with Gasteiger partial charge in [-0.2, -0.15) is 16.8 Å². The van der Waals surface area contributed by atoms with Crippen LogP contribution in [0.25, 0.3) is 0 Å². The first kappa shape index (κ1) is 91.0. The van der Waals surface area contributed by atoms with E-state index in [1.54, 1.807) is 0 Å². The molecule has 15 nitrogen and oxygen atoms in total. The maximum absolute atomic E-state index is 8.74. The zero-order chi connectivity index (χ0) is 9.00. The molecule has 0 aliphatic carbocycles. The summed E-state index contributed by atoms with van der Waals surface area (Å²) in [6.07, 6.45) is 0. The monoisotopic (exact) mass is 450 g/mol. The van der Waals surface area contributed by atoms with E-state index in [9.17, 15) is 0 Å². The van der Waals surface area contributed by atoms with Gasteiger partial charge in [0.1, 0.15) is 0 Å². The molecule has 0 amide bonds.